The molecule has 146 valence electrons. The predicted molar refractivity (Wildman–Crippen MR) is 107 cm³/mol. The molecule has 0 spiro atoms. The van der Waals surface area contributed by atoms with Gasteiger partial charge >= 0.3 is 5.97 Å². The van der Waals surface area contributed by atoms with Crippen LogP contribution in [0.5, 0.6) is 0 Å². The first kappa shape index (κ1) is 21.1. The largest absolute Gasteiger partial charge is 0.465 e. The topological polar surface area (TPSA) is 97.7 Å². The average molecular weight is 428 g/mol. The fourth-order valence-electron chi connectivity index (χ4n) is 3.20. The van der Waals surface area contributed by atoms with Crippen molar-refractivity contribution in [3.8, 4) is 0 Å². The van der Waals surface area contributed by atoms with Crippen LogP contribution in [0.3, 0.4) is 0 Å². The number of ether oxygens (including phenoxy) is 1. The van der Waals surface area contributed by atoms with Crippen LogP contribution in [0.15, 0.2) is 16.7 Å². The summed E-state index contributed by atoms with van der Waals surface area (Å²) in [4.78, 5) is 21.4. The Morgan fingerprint density at radius 2 is 2.08 bits per heavy atom. The Labute approximate surface area is 164 Å². The third-order valence-corrected chi connectivity index (χ3v) is 5.28. The van der Waals surface area contributed by atoms with Crippen LogP contribution in [0, 0.1) is 0 Å². The van der Waals surface area contributed by atoms with E-state index in [1.54, 1.807) is 13.1 Å². The third-order valence-electron chi connectivity index (χ3n) is 4.85. The highest BCUT2D eigenvalue weighted by Crippen LogP contribution is 2.24. The zero-order chi connectivity index (χ0) is 19.2. The molecule has 1 aromatic heterocycles. The van der Waals surface area contributed by atoms with Crippen molar-refractivity contribution in [2.45, 2.75) is 31.7 Å². The van der Waals surface area contributed by atoms with Gasteiger partial charge in [0.05, 0.1) is 6.61 Å². The van der Waals surface area contributed by atoms with Gasteiger partial charge in [-0.25, -0.2) is 4.98 Å². The molecule has 0 aliphatic carbocycles. The number of esters is 1. The summed E-state index contributed by atoms with van der Waals surface area (Å²) in [5.74, 6) is 0.0177. The molecular weight excluding hydrogens is 398 g/mol. The molecule has 2 rings (SSSR count). The minimum atomic E-state index is -1.10. The van der Waals surface area contributed by atoms with Crippen molar-refractivity contribution in [3.05, 3.63) is 22.3 Å². The summed E-state index contributed by atoms with van der Waals surface area (Å²) in [6.45, 7) is 7.28. The predicted octanol–water partition coefficient (Wildman–Crippen LogP) is 1.26. The molecule has 1 saturated heterocycles. The number of carbonyl (C=O) groups excluding carboxylic acids is 1. The minimum absolute atomic E-state index is 0.308. The van der Waals surface area contributed by atoms with E-state index in [-0.39, 0.29) is 5.97 Å². The Hall–Kier alpha value is -1.22. The van der Waals surface area contributed by atoms with Crippen LogP contribution in [0.1, 0.15) is 25.3 Å². The van der Waals surface area contributed by atoms with Crippen molar-refractivity contribution in [2.24, 2.45) is 5.73 Å². The standard InChI is InChI=1S/C18H30BrN5O2/c1-3-26-17(25)18(21,12-14-11-15(19)13-22-16(14)20)5-4-6-24-9-7-23(2)8-10-24/h11,13H,3-10,12,21H2,1-2H3,(H2,20,22). The van der Waals surface area contributed by atoms with E-state index in [0.717, 1.165) is 49.2 Å². The van der Waals surface area contributed by atoms with Gasteiger partial charge in [0, 0.05) is 43.3 Å². The van der Waals surface area contributed by atoms with Gasteiger partial charge in [0.25, 0.3) is 0 Å². The van der Waals surface area contributed by atoms with Crippen LogP contribution in [0.25, 0.3) is 0 Å². The monoisotopic (exact) mass is 427 g/mol. The van der Waals surface area contributed by atoms with Crippen molar-refractivity contribution in [1.82, 2.24) is 14.8 Å². The second-order valence-corrected chi connectivity index (χ2v) is 7.92. The second kappa shape index (κ2) is 9.64. The zero-order valence-corrected chi connectivity index (χ0v) is 17.3. The number of nitrogens with two attached hydrogens (primary N) is 2. The van der Waals surface area contributed by atoms with E-state index < -0.39 is 5.54 Å². The molecule has 0 bridgehead atoms. The molecule has 8 heteroatoms. The van der Waals surface area contributed by atoms with Crippen molar-refractivity contribution >= 4 is 27.7 Å². The molecule has 1 unspecified atom stereocenters. The maximum atomic E-state index is 12.6. The number of pyridine rings is 1. The second-order valence-electron chi connectivity index (χ2n) is 7.00. The Balaban J connectivity index is 2.02. The molecule has 0 saturated carbocycles. The number of rotatable bonds is 8. The maximum absolute atomic E-state index is 12.6. The van der Waals surface area contributed by atoms with Crippen LogP contribution in [0.2, 0.25) is 0 Å². The lowest BCUT2D eigenvalue weighted by atomic mass is 9.87. The lowest BCUT2D eigenvalue weighted by Gasteiger charge is -2.33. The maximum Gasteiger partial charge on any atom is 0.326 e. The molecule has 4 N–H and O–H groups in total. The fraction of sp³-hybridized carbons (Fsp3) is 0.667. The number of hydrogen-bond acceptors (Lipinski definition) is 7. The number of nitrogen functional groups attached to an aromatic ring is 1. The van der Waals surface area contributed by atoms with Gasteiger partial charge in [-0.2, -0.15) is 0 Å². The van der Waals surface area contributed by atoms with Crippen LogP contribution < -0.4 is 11.5 Å². The highest BCUT2D eigenvalue weighted by atomic mass is 79.9. The van der Waals surface area contributed by atoms with E-state index in [2.05, 4.69) is 37.8 Å². The smallest absolute Gasteiger partial charge is 0.326 e. The molecule has 1 aliphatic heterocycles. The van der Waals surface area contributed by atoms with Crippen molar-refractivity contribution < 1.29 is 9.53 Å². The number of likely N-dealkylation sites (N-methyl/N-ethyl adjacent to an activating group) is 1. The first-order valence-corrected chi connectivity index (χ1v) is 9.90. The summed E-state index contributed by atoms with van der Waals surface area (Å²) in [6.07, 6.45) is 3.33. The van der Waals surface area contributed by atoms with Gasteiger partial charge in [-0.05, 0) is 60.9 Å². The minimum Gasteiger partial charge on any atom is -0.465 e. The van der Waals surface area contributed by atoms with Gasteiger partial charge in [-0.1, -0.05) is 0 Å². The zero-order valence-electron chi connectivity index (χ0n) is 15.7. The van der Waals surface area contributed by atoms with Gasteiger partial charge in [-0.3, -0.25) is 4.79 Å². The number of halogens is 1. The molecule has 1 fully saturated rings. The highest BCUT2D eigenvalue weighted by molar-refractivity contribution is 9.10. The van der Waals surface area contributed by atoms with E-state index in [1.807, 2.05) is 6.07 Å². The number of piperazine rings is 1. The first-order valence-electron chi connectivity index (χ1n) is 9.11. The summed E-state index contributed by atoms with van der Waals surface area (Å²) in [6, 6.07) is 1.86. The van der Waals surface area contributed by atoms with Gasteiger partial charge in [-0.15, -0.1) is 0 Å². The first-order chi connectivity index (χ1) is 12.3. The van der Waals surface area contributed by atoms with Gasteiger partial charge in [0.2, 0.25) is 0 Å². The number of anilines is 1. The lowest BCUT2D eigenvalue weighted by molar-refractivity contribution is -0.150. The van der Waals surface area contributed by atoms with E-state index in [0.29, 0.717) is 25.3 Å². The number of carbonyl (C=O) groups is 1. The molecule has 0 amide bonds. The molecule has 2 heterocycles. The van der Waals surface area contributed by atoms with Crippen molar-refractivity contribution in [3.63, 3.8) is 0 Å². The summed E-state index contributed by atoms with van der Waals surface area (Å²) >= 11 is 3.40. The molecule has 1 atom stereocenters. The molecule has 1 aromatic rings. The quantitative estimate of drug-likeness (QED) is 0.602. The van der Waals surface area contributed by atoms with Crippen LogP contribution in [-0.2, 0) is 16.0 Å². The van der Waals surface area contributed by atoms with Crippen LogP contribution >= 0.6 is 15.9 Å². The van der Waals surface area contributed by atoms with E-state index in [9.17, 15) is 4.79 Å². The average Bonchev–Trinajstić information content (AvgIpc) is 2.60. The summed E-state index contributed by atoms with van der Waals surface area (Å²) in [5, 5.41) is 0. The Morgan fingerprint density at radius 3 is 2.73 bits per heavy atom. The van der Waals surface area contributed by atoms with Crippen molar-refractivity contribution in [1.29, 1.82) is 0 Å². The van der Waals surface area contributed by atoms with E-state index in [4.69, 9.17) is 16.2 Å². The van der Waals surface area contributed by atoms with E-state index >= 15 is 0 Å². The molecule has 0 aromatic carbocycles. The summed E-state index contributed by atoms with van der Waals surface area (Å²) in [7, 11) is 2.14. The Bertz CT molecular complexity index is 607. The normalized spacial score (nSPS) is 18.5. The molecular formula is C18H30BrN5O2. The van der Waals surface area contributed by atoms with Gasteiger partial charge < -0.3 is 26.0 Å². The fourth-order valence-corrected chi connectivity index (χ4v) is 3.58. The molecule has 1 aliphatic rings. The Kier molecular flexibility index (Phi) is 7.82. The number of aromatic nitrogens is 1. The molecule has 26 heavy (non-hydrogen) atoms. The van der Waals surface area contributed by atoms with Gasteiger partial charge in [0.15, 0.2) is 0 Å². The Morgan fingerprint density at radius 1 is 1.38 bits per heavy atom. The van der Waals surface area contributed by atoms with Crippen LogP contribution in [0.4, 0.5) is 5.82 Å². The van der Waals surface area contributed by atoms with Crippen molar-refractivity contribution in [2.75, 3.05) is 52.1 Å². The SMILES string of the molecule is CCOC(=O)C(N)(CCCN1CCN(C)CC1)Cc1cc(Br)cnc1N. The molecule has 7 nitrogen and oxygen atoms in total. The van der Waals surface area contributed by atoms with E-state index in [1.165, 1.54) is 0 Å². The van der Waals surface area contributed by atoms with Crippen LogP contribution in [-0.4, -0.2) is 72.7 Å². The molecule has 0 radical (unpaired) electrons. The number of hydrogen-bond donors (Lipinski definition) is 2. The summed E-state index contributed by atoms with van der Waals surface area (Å²) in [5.41, 5.74) is 12.2. The highest BCUT2D eigenvalue weighted by Gasteiger charge is 2.36. The van der Waals surface area contributed by atoms with Gasteiger partial charge in [0.1, 0.15) is 11.4 Å². The number of nitrogens with zero attached hydrogens (tertiary/aromatic N) is 3. The summed E-state index contributed by atoms with van der Waals surface area (Å²) < 4.78 is 6.06. The lowest BCUT2D eigenvalue weighted by Crippen LogP contribution is -2.52. The third kappa shape index (κ3) is 5.90.